The molecule has 1 aliphatic carbocycles. The lowest BCUT2D eigenvalue weighted by Gasteiger charge is -2.31. The molecule has 1 N–H and O–H groups in total. The normalized spacial score (nSPS) is 15.7. The van der Waals surface area contributed by atoms with Gasteiger partial charge in [-0.3, -0.25) is 9.48 Å². The van der Waals surface area contributed by atoms with Gasteiger partial charge in [-0.1, -0.05) is 11.6 Å². The molecule has 2 aromatic carbocycles. The molecule has 0 amide bonds. The Morgan fingerprint density at radius 3 is 2.59 bits per heavy atom. The molecule has 0 saturated heterocycles. The van der Waals surface area contributed by atoms with Crippen LogP contribution < -0.4 is 9.47 Å². The van der Waals surface area contributed by atoms with Crippen LogP contribution in [0.15, 0.2) is 53.6 Å². The fourth-order valence-corrected chi connectivity index (χ4v) is 5.74. The summed E-state index contributed by atoms with van der Waals surface area (Å²) in [5.74, 6) is 0.537. The Balaban J connectivity index is 1.57. The van der Waals surface area contributed by atoms with E-state index in [2.05, 4.69) is 5.10 Å². The molecular formula is C23H24ClN3O6S. The fourth-order valence-electron chi connectivity index (χ4n) is 4.07. The third-order valence-corrected chi connectivity index (χ3v) is 7.98. The summed E-state index contributed by atoms with van der Waals surface area (Å²) in [5, 5.41) is 13.4. The quantitative estimate of drug-likeness (QED) is 0.490. The van der Waals surface area contributed by atoms with Crippen LogP contribution >= 0.6 is 11.6 Å². The van der Waals surface area contributed by atoms with E-state index in [-0.39, 0.29) is 16.5 Å². The van der Waals surface area contributed by atoms with Gasteiger partial charge in [0.25, 0.3) is 0 Å². The first-order chi connectivity index (χ1) is 16.2. The zero-order chi connectivity index (χ0) is 24.5. The van der Waals surface area contributed by atoms with E-state index in [4.69, 9.17) is 26.2 Å². The van der Waals surface area contributed by atoms with Gasteiger partial charge < -0.3 is 14.6 Å². The number of sulfonamides is 1. The van der Waals surface area contributed by atoms with Crippen molar-refractivity contribution < 1.29 is 27.8 Å². The smallest absolute Gasteiger partial charge is 0.325 e. The van der Waals surface area contributed by atoms with Crippen LogP contribution in [-0.4, -0.2) is 47.7 Å². The summed E-state index contributed by atoms with van der Waals surface area (Å²) in [7, 11) is -0.811. The van der Waals surface area contributed by atoms with E-state index in [0.717, 1.165) is 17.7 Å². The molecule has 0 aliphatic heterocycles. The van der Waals surface area contributed by atoms with Crippen LogP contribution in [-0.2, 0) is 27.8 Å². The minimum atomic E-state index is -3.89. The number of carboxylic acids is 1. The largest absolute Gasteiger partial charge is 0.497 e. The summed E-state index contributed by atoms with van der Waals surface area (Å²) >= 11 is 6.37. The molecule has 4 rings (SSSR count). The van der Waals surface area contributed by atoms with Gasteiger partial charge in [0.05, 0.1) is 29.3 Å². The summed E-state index contributed by atoms with van der Waals surface area (Å²) in [4.78, 5) is 11.2. The molecule has 0 spiro atoms. The van der Waals surface area contributed by atoms with E-state index in [0.29, 0.717) is 30.1 Å². The molecule has 34 heavy (non-hydrogen) atoms. The SMILES string of the molecule is COc1ccc(Oc2ccc(S(=O)(=O)N(C)C3CCCc4c3cnn4CC(=O)O)cc2Cl)cc1. The number of aliphatic carboxylic acids is 1. The molecule has 0 radical (unpaired) electrons. The summed E-state index contributed by atoms with van der Waals surface area (Å²) in [6, 6.07) is 10.8. The average molecular weight is 506 g/mol. The highest BCUT2D eigenvalue weighted by Gasteiger charge is 2.34. The number of benzene rings is 2. The van der Waals surface area contributed by atoms with Crippen molar-refractivity contribution in [2.75, 3.05) is 14.2 Å². The van der Waals surface area contributed by atoms with Crippen LogP contribution in [0.5, 0.6) is 17.2 Å². The lowest BCUT2D eigenvalue weighted by Crippen LogP contribution is -2.33. The monoisotopic (exact) mass is 505 g/mol. The third kappa shape index (κ3) is 4.75. The predicted molar refractivity (Wildman–Crippen MR) is 125 cm³/mol. The first kappa shape index (κ1) is 24.1. The Labute approximate surface area is 202 Å². The van der Waals surface area contributed by atoms with Crippen LogP contribution in [0.4, 0.5) is 0 Å². The Morgan fingerprint density at radius 2 is 1.94 bits per heavy atom. The first-order valence-corrected chi connectivity index (χ1v) is 12.4. The van der Waals surface area contributed by atoms with Crippen LogP contribution in [0, 0.1) is 0 Å². The maximum Gasteiger partial charge on any atom is 0.325 e. The summed E-state index contributed by atoms with van der Waals surface area (Å²) in [6.45, 7) is -0.260. The number of nitrogens with zero attached hydrogens (tertiary/aromatic N) is 3. The van der Waals surface area contributed by atoms with Crippen LogP contribution in [0.25, 0.3) is 0 Å². The van der Waals surface area contributed by atoms with Crippen molar-refractivity contribution in [3.63, 3.8) is 0 Å². The molecule has 1 unspecified atom stereocenters. The van der Waals surface area contributed by atoms with Crippen molar-refractivity contribution in [3.8, 4) is 17.2 Å². The molecular weight excluding hydrogens is 482 g/mol. The second kappa shape index (κ2) is 9.65. The second-order valence-corrected chi connectivity index (χ2v) is 10.3. The Morgan fingerprint density at radius 1 is 1.24 bits per heavy atom. The topological polar surface area (TPSA) is 111 Å². The van der Waals surface area contributed by atoms with Crippen molar-refractivity contribution in [2.45, 2.75) is 36.7 Å². The highest BCUT2D eigenvalue weighted by molar-refractivity contribution is 7.89. The van der Waals surface area contributed by atoms with Crippen molar-refractivity contribution in [1.29, 1.82) is 0 Å². The molecule has 1 heterocycles. The van der Waals surface area contributed by atoms with Crippen molar-refractivity contribution >= 4 is 27.6 Å². The standard InChI is InChI=1S/C23H24ClN3O6S/c1-26(20-4-3-5-21-18(20)13-25-27(21)14-23(28)29)34(30,31)17-10-11-22(19(24)12-17)33-16-8-6-15(32-2)7-9-16/h6-13,20H,3-5,14H2,1-2H3,(H,28,29). The van der Waals surface area contributed by atoms with E-state index >= 15 is 0 Å². The van der Waals surface area contributed by atoms with Crippen molar-refractivity contribution in [1.82, 2.24) is 14.1 Å². The van der Waals surface area contributed by atoms with Crippen LogP contribution in [0.1, 0.15) is 30.1 Å². The third-order valence-electron chi connectivity index (χ3n) is 5.82. The maximum atomic E-state index is 13.4. The second-order valence-electron chi connectivity index (χ2n) is 7.90. The zero-order valence-electron chi connectivity index (χ0n) is 18.6. The highest BCUT2D eigenvalue weighted by atomic mass is 35.5. The number of ether oxygens (including phenoxy) is 2. The van der Waals surface area contributed by atoms with E-state index < -0.39 is 22.0 Å². The van der Waals surface area contributed by atoms with Crippen LogP contribution in [0.2, 0.25) is 5.02 Å². The lowest BCUT2D eigenvalue weighted by molar-refractivity contribution is -0.137. The maximum absolute atomic E-state index is 13.4. The number of carbonyl (C=O) groups is 1. The minimum absolute atomic E-state index is 0.0344. The minimum Gasteiger partial charge on any atom is -0.497 e. The van der Waals surface area contributed by atoms with Gasteiger partial charge >= 0.3 is 5.97 Å². The first-order valence-electron chi connectivity index (χ1n) is 10.6. The molecule has 0 fully saturated rings. The molecule has 9 nitrogen and oxygen atoms in total. The summed E-state index contributed by atoms with van der Waals surface area (Å²) in [6.07, 6.45) is 3.54. The van der Waals surface area contributed by atoms with Gasteiger partial charge in [-0.05, 0) is 61.7 Å². The number of rotatable bonds is 8. The lowest BCUT2D eigenvalue weighted by atomic mass is 9.93. The Kier molecular flexibility index (Phi) is 6.83. The molecule has 11 heteroatoms. The van der Waals surface area contributed by atoms with Crippen LogP contribution in [0.3, 0.4) is 0 Å². The van der Waals surface area contributed by atoms with Crippen molar-refractivity contribution in [3.05, 3.63) is 64.9 Å². The highest BCUT2D eigenvalue weighted by Crippen LogP contribution is 2.38. The average Bonchev–Trinajstić information content (AvgIpc) is 3.22. The van der Waals surface area contributed by atoms with Gasteiger partial charge in [-0.15, -0.1) is 0 Å². The molecule has 1 aliphatic rings. The molecule has 3 aromatic rings. The molecule has 1 atom stereocenters. The number of fused-ring (bicyclic) bond motifs is 1. The fraction of sp³-hybridized carbons (Fsp3) is 0.304. The van der Waals surface area contributed by atoms with E-state index in [9.17, 15) is 13.2 Å². The van der Waals surface area contributed by atoms with Gasteiger partial charge in [0.1, 0.15) is 23.8 Å². The summed E-state index contributed by atoms with van der Waals surface area (Å²) in [5.41, 5.74) is 1.48. The predicted octanol–water partition coefficient (Wildman–Crippen LogP) is 4.12. The van der Waals surface area contributed by atoms with Gasteiger partial charge in [-0.25, -0.2) is 8.42 Å². The molecule has 0 saturated carbocycles. The zero-order valence-corrected chi connectivity index (χ0v) is 20.2. The van der Waals surface area contributed by atoms with Crippen molar-refractivity contribution in [2.24, 2.45) is 0 Å². The molecule has 180 valence electrons. The Bertz CT molecular complexity index is 1310. The number of hydrogen-bond acceptors (Lipinski definition) is 6. The van der Waals surface area contributed by atoms with E-state index in [1.807, 2.05) is 0 Å². The van der Waals surface area contributed by atoms with E-state index in [1.165, 1.54) is 34.2 Å². The van der Waals surface area contributed by atoms with E-state index in [1.54, 1.807) is 37.6 Å². The number of carboxylic acid groups (broad SMARTS) is 1. The number of hydrogen-bond donors (Lipinski definition) is 1. The van der Waals surface area contributed by atoms with Gasteiger partial charge in [-0.2, -0.15) is 9.40 Å². The number of aromatic nitrogens is 2. The van der Waals surface area contributed by atoms with Gasteiger partial charge in [0.15, 0.2) is 0 Å². The number of halogens is 1. The summed E-state index contributed by atoms with van der Waals surface area (Å²) < 4.78 is 40.4. The Hall–Kier alpha value is -3.08. The molecule has 0 bridgehead atoms. The molecule has 1 aromatic heterocycles. The number of methoxy groups -OCH3 is 1. The van der Waals surface area contributed by atoms with Gasteiger partial charge in [0, 0.05) is 18.3 Å². The van der Waals surface area contributed by atoms with Gasteiger partial charge in [0.2, 0.25) is 10.0 Å².